The number of Topliss-reactive ketones (excluding diaryl/α,β-unsaturated/α-hetero) is 1. The molecule has 0 spiro atoms. The third kappa shape index (κ3) is 5.92. The molecule has 1 aromatic carbocycles. The van der Waals surface area contributed by atoms with Crippen molar-refractivity contribution in [1.29, 1.82) is 0 Å². The number of carbonyl (C=O) groups excluding carboxylic acids is 1. The van der Waals surface area contributed by atoms with E-state index in [1.165, 1.54) is 16.9 Å². The van der Waals surface area contributed by atoms with Crippen LogP contribution < -0.4 is 0 Å². The zero-order chi connectivity index (χ0) is 24.0. The van der Waals surface area contributed by atoms with Crippen molar-refractivity contribution in [3.63, 3.8) is 0 Å². The van der Waals surface area contributed by atoms with Crippen LogP contribution >= 0.6 is 11.3 Å². The average molecular weight is 466 g/mol. The number of carbonyl (C=O) groups is 2. The molecule has 1 saturated carbocycles. The summed E-state index contributed by atoms with van der Waals surface area (Å²) < 4.78 is 0. The molecule has 2 aromatic rings. The highest BCUT2D eigenvalue weighted by Crippen LogP contribution is 2.44. The molecule has 1 fully saturated rings. The molecule has 1 aliphatic rings. The molecule has 1 aliphatic carbocycles. The van der Waals surface area contributed by atoms with Gasteiger partial charge < -0.3 is 9.95 Å². The van der Waals surface area contributed by atoms with E-state index in [9.17, 15) is 9.59 Å². The van der Waals surface area contributed by atoms with Crippen LogP contribution in [0.25, 0.3) is 4.85 Å². The van der Waals surface area contributed by atoms with Crippen molar-refractivity contribution >= 4 is 23.1 Å². The number of nitrogens with zero attached hydrogens (tertiary/aromatic N) is 1. The number of aromatic carboxylic acids is 1. The standard InChI is InChI=1S/C28H35NO3S/c1-5-6-10-25(30)28(2,3)21-14-11-20(12-15-21)26-19(13-17-23(26)29-4)8-7-9-22-16-18-24(33-22)27(31)32/h11-12,14-16,18-19,23,26H,5-10,13,17H2,1-3H3,(H,31,32). The van der Waals surface area contributed by atoms with Crippen molar-refractivity contribution in [2.24, 2.45) is 5.92 Å². The highest BCUT2D eigenvalue weighted by molar-refractivity contribution is 7.13. The van der Waals surface area contributed by atoms with E-state index >= 15 is 0 Å². The van der Waals surface area contributed by atoms with Crippen molar-refractivity contribution in [3.05, 3.63) is 68.7 Å². The molecule has 0 amide bonds. The molecular formula is C28H35NO3S. The molecule has 1 aromatic heterocycles. The van der Waals surface area contributed by atoms with E-state index in [1.54, 1.807) is 6.07 Å². The lowest BCUT2D eigenvalue weighted by Gasteiger charge is -2.25. The number of aryl methyl sites for hydroxylation is 1. The first-order chi connectivity index (χ1) is 15.8. The molecule has 1 heterocycles. The van der Waals surface area contributed by atoms with Gasteiger partial charge in [0, 0.05) is 23.1 Å². The zero-order valence-electron chi connectivity index (χ0n) is 20.0. The van der Waals surface area contributed by atoms with Crippen molar-refractivity contribution in [1.82, 2.24) is 0 Å². The van der Waals surface area contributed by atoms with Crippen LogP contribution in [0.1, 0.15) is 97.3 Å². The Morgan fingerprint density at radius 1 is 1.12 bits per heavy atom. The lowest BCUT2D eigenvalue weighted by molar-refractivity contribution is -0.123. The van der Waals surface area contributed by atoms with Gasteiger partial charge in [0.15, 0.2) is 0 Å². The third-order valence-corrected chi connectivity index (χ3v) is 8.40. The summed E-state index contributed by atoms with van der Waals surface area (Å²) in [7, 11) is 0. The number of carboxylic acid groups (broad SMARTS) is 1. The van der Waals surface area contributed by atoms with E-state index in [0.29, 0.717) is 17.2 Å². The predicted molar refractivity (Wildman–Crippen MR) is 134 cm³/mol. The summed E-state index contributed by atoms with van der Waals surface area (Å²) >= 11 is 1.36. The van der Waals surface area contributed by atoms with Gasteiger partial charge in [-0.2, -0.15) is 0 Å². The highest BCUT2D eigenvalue weighted by atomic mass is 32.1. The number of thiophene rings is 1. The van der Waals surface area contributed by atoms with E-state index in [4.69, 9.17) is 11.7 Å². The molecule has 0 radical (unpaired) electrons. The van der Waals surface area contributed by atoms with Gasteiger partial charge in [0.2, 0.25) is 6.04 Å². The summed E-state index contributed by atoms with van der Waals surface area (Å²) in [5.41, 5.74) is 1.77. The van der Waals surface area contributed by atoms with Crippen LogP contribution in [0, 0.1) is 12.5 Å². The monoisotopic (exact) mass is 465 g/mol. The van der Waals surface area contributed by atoms with E-state index < -0.39 is 11.4 Å². The molecule has 3 unspecified atom stereocenters. The minimum atomic E-state index is -0.860. The maximum atomic E-state index is 12.7. The molecule has 3 atom stereocenters. The fourth-order valence-electron chi connectivity index (χ4n) is 5.12. The van der Waals surface area contributed by atoms with Gasteiger partial charge in [-0.15, -0.1) is 11.3 Å². The van der Waals surface area contributed by atoms with Crippen molar-refractivity contribution in [2.75, 3.05) is 0 Å². The number of benzene rings is 1. The first-order valence-corrected chi connectivity index (χ1v) is 12.9. The summed E-state index contributed by atoms with van der Waals surface area (Å²) in [6.45, 7) is 13.8. The second-order valence-corrected chi connectivity index (χ2v) is 11.0. The Bertz CT molecular complexity index is 999. The maximum absolute atomic E-state index is 12.7. The molecule has 176 valence electrons. The number of hydrogen-bond donors (Lipinski definition) is 1. The van der Waals surface area contributed by atoms with Crippen LogP contribution in [-0.2, 0) is 16.6 Å². The Kier molecular flexibility index (Phi) is 8.48. The Hall–Kier alpha value is -2.45. The minimum Gasteiger partial charge on any atom is -0.477 e. The highest BCUT2D eigenvalue weighted by Gasteiger charge is 2.41. The van der Waals surface area contributed by atoms with Gasteiger partial charge in [-0.1, -0.05) is 37.6 Å². The van der Waals surface area contributed by atoms with E-state index in [0.717, 1.165) is 55.4 Å². The van der Waals surface area contributed by atoms with Gasteiger partial charge in [-0.25, -0.2) is 11.4 Å². The first-order valence-electron chi connectivity index (χ1n) is 12.1. The second-order valence-electron chi connectivity index (χ2n) is 9.80. The number of unbranched alkanes of at least 4 members (excludes halogenated alkanes) is 1. The van der Waals surface area contributed by atoms with E-state index in [1.807, 2.05) is 19.9 Å². The van der Waals surface area contributed by atoms with E-state index in [2.05, 4.69) is 36.0 Å². The summed E-state index contributed by atoms with van der Waals surface area (Å²) in [5.74, 6) is 0.122. The Morgan fingerprint density at radius 2 is 1.85 bits per heavy atom. The molecule has 0 aliphatic heterocycles. The van der Waals surface area contributed by atoms with Crippen LogP contribution in [0.4, 0.5) is 0 Å². The second kappa shape index (κ2) is 11.1. The summed E-state index contributed by atoms with van der Waals surface area (Å²) in [6.07, 6.45) is 7.50. The van der Waals surface area contributed by atoms with Gasteiger partial charge >= 0.3 is 5.97 Å². The van der Waals surface area contributed by atoms with Crippen LogP contribution in [-0.4, -0.2) is 22.9 Å². The minimum absolute atomic E-state index is 0.0143. The summed E-state index contributed by atoms with van der Waals surface area (Å²) in [4.78, 5) is 29.3. The molecule has 33 heavy (non-hydrogen) atoms. The van der Waals surface area contributed by atoms with Gasteiger partial charge in [0.25, 0.3) is 0 Å². The topological polar surface area (TPSA) is 58.7 Å². The van der Waals surface area contributed by atoms with Gasteiger partial charge in [0.1, 0.15) is 10.7 Å². The van der Waals surface area contributed by atoms with Crippen molar-refractivity contribution in [3.8, 4) is 0 Å². The zero-order valence-corrected chi connectivity index (χ0v) is 20.8. The number of ketones is 1. The SMILES string of the molecule is [C-]#[N+]C1CCC(CCCc2ccc(C(=O)O)s2)C1c1ccc(C(C)(C)C(=O)CCCC)cc1. The lowest BCUT2D eigenvalue weighted by Crippen LogP contribution is -2.29. The maximum Gasteiger partial charge on any atom is 0.345 e. The summed E-state index contributed by atoms with van der Waals surface area (Å²) in [5, 5.41) is 9.11. The lowest BCUT2D eigenvalue weighted by atomic mass is 9.77. The first kappa shape index (κ1) is 25.2. The fraction of sp³-hybridized carbons (Fsp3) is 0.536. The molecule has 0 saturated heterocycles. The smallest absolute Gasteiger partial charge is 0.345 e. The van der Waals surface area contributed by atoms with Crippen molar-refractivity contribution < 1.29 is 14.7 Å². The third-order valence-electron chi connectivity index (χ3n) is 7.26. The average Bonchev–Trinajstić information content (AvgIpc) is 3.44. The largest absolute Gasteiger partial charge is 0.477 e. The quantitative estimate of drug-likeness (QED) is 0.355. The van der Waals surface area contributed by atoms with Crippen LogP contribution in [0.5, 0.6) is 0 Å². The number of carboxylic acids is 1. The number of rotatable bonds is 11. The van der Waals surface area contributed by atoms with Crippen molar-refractivity contribution in [2.45, 2.75) is 89.5 Å². The Morgan fingerprint density at radius 3 is 2.45 bits per heavy atom. The molecule has 3 rings (SSSR count). The van der Waals surface area contributed by atoms with E-state index in [-0.39, 0.29) is 17.7 Å². The molecule has 1 N–H and O–H groups in total. The summed E-state index contributed by atoms with van der Waals surface area (Å²) in [6, 6.07) is 12.1. The van der Waals surface area contributed by atoms with Gasteiger partial charge in [-0.05, 0) is 75.1 Å². The van der Waals surface area contributed by atoms with Crippen LogP contribution in [0.15, 0.2) is 36.4 Å². The molecule has 0 bridgehead atoms. The molecule has 4 nitrogen and oxygen atoms in total. The molecule has 5 heteroatoms. The Balaban J connectivity index is 1.67. The Labute approximate surface area is 201 Å². The van der Waals surface area contributed by atoms with Gasteiger partial charge in [-0.3, -0.25) is 4.79 Å². The fourth-order valence-corrected chi connectivity index (χ4v) is 6.01. The van der Waals surface area contributed by atoms with Crippen LogP contribution in [0.3, 0.4) is 0 Å². The molecular weight excluding hydrogens is 430 g/mol. The predicted octanol–water partition coefficient (Wildman–Crippen LogP) is 7.29. The van der Waals surface area contributed by atoms with Crippen LogP contribution in [0.2, 0.25) is 0 Å². The number of hydrogen-bond acceptors (Lipinski definition) is 3. The van der Waals surface area contributed by atoms with Gasteiger partial charge in [0.05, 0.1) is 5.92 Å². The normalized spacial score (nSPS) is 20.5.